The second-order valence-corrected chi connectivity index (χ2v) is 4.91. The maximum atomic E-state index is 13.5. The van der Waals surface area contributed by atoms with Crippen LogP contribution < -0.4 is 0 Å². The summed E-state index contributed by atoms with van der Waals surface area (Å²) in [7, 11) is 0. The fourth-order valence-electron chi connectivity index (χ4n) is 1.68. The molecule has 0 amide bonds. The molecule has 0 bridgehead atoms. The summed E-state index contributed by atoms with van der Waals surface area (Å²) in [5.41, 5.74) is 1.80. The summed E-state index contributed by atoms with van der Waals surface area (Å²) < 4.78 is 13.5. The van der Waals surface area contributed by atoms with Crippen LogP contribution in [0.1, 0.15) is 5.56 Å². The summed E-state index contributed by atoms with van der Waals surface area (Å²) in [5, 5.41) is 1.28. The Morgan fingerprint density at radius 3 is 2.18 bits per heavy atom. The van der Waals surface area contributed by atoms with E-state index < -0.39 is 0 Å². The maximum absolute atomic E-state index is 13.5. The molecule has 0 radical (unpaired) electrons. The van der Waals surface area contributed by atoms with Gasteiger partial charge in [-0.1, -0.05) is 46.9 Å². The Hall–Kier alpha value is -0.760. The monoisotopic (exact) mass is 288 g/mol. The fourth-order valence-corrected chi connectivity index (χ4v) is 2.70. The molecular weight excluding hydrogens is 282 g/mol. The molecule has 88 valence electrons. The molecule has 2 aromatic rings. The molecule has 0 aromatic heterocycles. The zero-order valence-corrected chi connectivity index (χ0v) is 11.2. The molecule has 17 heavy (non-hydrogen) atoms. The van der Waals surface area contributed by atoms with Crippen molar-refractivity contribution >= 4 is 34.8 Å². The van der Waals surface area contributed by atoms with E-state index in [-0.39, 0.29) is 5.82 Å². The first-order valence-electron chi connectivity index (χ1n) is 4.90. The lowest BCUT2D eigenvalue weighted by molar-refractivity contribution is 0.619. The number of hydrogen-bond donors (Lipinski definition) is 0. The molecule has 0 spiro atoms. The zero-order chi connectivity index (χ0) is 12.6. The van der Waals surface area contributed by atoms with Crippen LogP contribution in [0.15, 0.2) is 30.3 Å². The molecule has 0 atom stereocenters. The highest BCUT2D eigenvalue weighted by molar-refractivity contribution is 6.41. The lowest BCUT2D eigenvalue weighted by atomic mass is 10.00. The first-order valence-corrected chi connectivity index (χ1v) is 6.04. The van der Waals surface area contributed by atoms with Crippen LogP contribution in [0.2, 0.25) is 15.1 Å². The standard InChI is InChI=1S/C13H8Cl3F/c1-7-9(3-2-4-12(7)17)13-10(15)5-8(14)6-11(13)16/h2-6H,1H3. The van der Waals surface area contributed by atoms with Crippen LogP contribution in [0, 0.1) is 12.7 Å². The average Bonchev–Trinajstić information content (AvgIpc) is 2.23. The third-order valence-corrected chi connectivity index (χ3v) is 3.36. The van der Waals surface area contributed by atoms with E-state index in [9.17, 15) is 4.39 Å². The van der Waals surface area contributed by atoms with E-state index in [2.05, 4.69) is 0 Å². The minimum absolute atomic E-state index is 0.287. The SMILES string of the molecule is Cc1c(F)cccc1-c1c(Cl)cc(Cl)cc1Cl. The normalized spacial score (nSPS) is 10.6. The maximum Gasteiger partial charge on any atom is 0.126 e. The fraction of sp³-hybridized carbons (Fsp3) is 0.0769. The highest BCUT2D eigenvalue weighted by Gasteiger charge is 2.13. The van der Waals surface area contributed by atoms with Crippen molar-refractivity contribution in [2.45, 2.75) is 6.92 Å². The predicted octanol–water partition coefficient (Wildman–Crippen LogP) is 5.76. The molecule has 0 aliphatic rings. The third kappa shape index (κ3) is 2.42. The highest BCUT2D eigenvalue weighted by atomic mass is 35.5. The van der Waals surface area contributed by atoms with Gasteiger partial charge in [-0.2, -0.15) is 0 Å². The lowest BCUT2D eigenvalue weighted by Gasteiger charge is -2.11. The summed E-state index contributed by atoms with van der Waals surface area (Å²) >= 11 is 18.0. The van der Waals surface area contributed by atoms with Crippen molar-refractivity contribution in [3.05, 3.63) is 56.8 Å². The molecule has 0 unspecified atom stereocenters. The molecule has 0 N–H and O–H groups in total. The Bertz CT molecular complexity index is 556. The van der Waals surface area contributed by atoms with Gasteiger partial charge in [0.15, 0.2) is 0 Å². The third-order valence-electron chi connectivity index (χ3n) is 2.54. The van der Waals surface area contributed by atoms with E-state index in [1.165, 1.54) is 6.07 Å². The summed E-state index contributed by atoms with van der Waals surface area (Å²) in [4.78, 5) is 0. The van der Waals surface area contributed by atoms with Crippen molar-refractivity contribution < 1.29 is 4.39 Å². The van der Waals surface area contributed by atoms with Crippen LogP contribution in [0.25, 0.3) is 11.1 Å². The summed E-state index contributed by atoms with van der Waals surface area (Å²) in [6, 6.07) is 7.98. The molecule has 4 heteroatoms. The zero-order valence-electron chi connectivity index (χ0n) is 8.90. The molecule has 0 fully saturated rings. The second kappa shape index (κ2) is 4.85. The van der Waals surface area contributed by atoms with E-state index in [0.717, 1.165) is 0 Å². The number of hydrogen-bond acceptors (Lipinski definition) is 0. The Kier molecular flexibility index (Phi) is 3.62. The van der Waals surface area contributed by atoms with Gasteiger partial charge < -0.3 is 0 Å². The smallest absolute Gasteiger partial charge is 0.126 e. The van der Waals surface area contributed by atoms with Gasteiger partial charge in [0.1, 0.15) is 5.82 Å². The minimum atomic E-state index is -0.287. The Morgan fingerprint density at radius 1 is 1.00 bits per heavy atom. The molecule has 2 rings (SSSR count). The van der Waals surface area contributed by atoms with Crippen LogP contribution in [-0.4, -0.2) is 0 Å². The van der Waals surface area contributed by atoms with Crippen LogP contribution >= 0.6 is 34.8 Å². The van der Waals surface area contributed by atoms with E-state index >= 15 is 0 Å². The van der Waals surface area contributed by atoms with E-state index in [0.29, 0.717) is 31.8 Å². The van der Waals surface area contributed by atoms with Gasteiger partial charge in [-0.3, -0.25) is 0 Å². The number of halogens is 4. The van der Waals surface area contributed by atoms with E-state index in [4.69, 9.17) is 34.8 Å². The summed E-state index contributed by atoms with van der Waals surface area (Å²) in [6.45, 7) is 1.69. The first-order chi connectivity index (χ1) is 8.00. The van der Waals surface area contributed by atoms with Gasteiger partial charge in [-0.05, 0) is 36.2 Å². The van der Waals surface area contributed by atoms with Crippen LogP contribution in [0.4, 0.5) is 4.39 Å². The van der Waals surface area contributed by atoms with Crippen LogP contribution in [0.3, 0.4) is 0 Å². The van der Waals surface area contributed by atoms with Gasteiger partial charge in [0.05, 0.1) is 10.0 Å². The highest BCUT2D eigenvalue weighted by Crippen LogP contribution is 2.38. The molecule has 0 heterocycles. The van der Waals surface area contributed by atoms with E-state index in [1.807, 2.05) is 0 Å². The topological polar surface area (TPSA) is 0 Å². The van der Waals surface area contributed by atoms with Crippen molar-refractivity contribution in [1.29, 1.82) is 0 Å². The molecule has 0 aliphatic carbocycles. The minimum Gasteiger partial charge on any atom is -0.207 e. The second-order valence-electron chi connectivity index (χ2n) is 3.66. The van der Waals surface area contributed by atoms with Gasteiger partial charge in [-0.15, -0.1) is 0 Å². The number of rotatable bonds is 1. The number of benzene rings is 2. The quantitative estimate of drug-likeness (QED) is 0.626. The molecule has 0 saturated heterocycles. The predicted molar refractivity (Wildman–Crippen MR) is 71.6 cm³/mol. The van der Waals surface area contributed by atoms with Crippen molar-refractivity contribution in [3.63, 3.8) is 0 Å². The van der Waals surface area contributed by atoms with Gasteiger partial charge in [-0.25, -0.2) is 4.39 Å². The molecule has 0 nitrogen and oxygen atoms in total. The van der Waals surface area contributed by atoms with Crippen LogP contribution in [0.5, 0.6) is 0 Å². The van der Waals surface area contributed by atoms with Crippen molar-refractivity contribution in [2.24, 2.45) is 0 Å². The van der Waals surface area contributed by atoms with Gasteiger partial charge in [0.25, 0.3) is 0 Å². The van der Waals surface area contributed by atoms with E-state index in [1.54, 1.807) is 31.2 Å². The van der Waals surface area contributed by atoms with Gasteiger partial charge >= 0.3 is 0 Å². The van der Waals surface area contributed by atoms with Gasteiger partial charge in [0.2, 0.25) is 0 Å². The van der Waals surface area contributed by atoms with Gasteiger partial charge in [0, 0.05) is 10.6 Å². The molecular formula is C13H8Cl3F. The molecule has 0 saturated carbocycles. The average molecular weight is 290 g/mol. The first kappa shape index (κ1) is 12.7. The lowest BCUT2D eigenvalue weighted by Crippen LogP contribution is -1.89. The molecule has 0 aliphatic heterocycles. The van der Waals surface area contributed by atoms with Crippen LogP contribution in [-0.2, 0) is 0 Å². The Labute approximate surface area is 114 Å². The largest absolute Gasteiger partial charge is 0.207 e. The summed E-state index contributed by atoms with van der Waals surface area (Å²) in [5.74, 6) is -0.287. The van der Waals surface area contributed by atoms with Crippen molar-refractivity contribution in [3.8, 4) is 11.1 Å². The summed E-state index contributed by atoms with van der Waals surface area (Å²) in [6.07, 6.45) is 0. The Balaban J connectivity index is 2.73. The Morgan fingerprint density at radius 2 is 1.59 bits per heavy atom. The molecule has 2 aromatic carbocycles. The van der Waals surface area contributed by atoms with Crippen molar-refractivity contribution in [1.82, 2.24) is 0 Å². The van der Waals surface area contributed by atoms with Crippen molar-refractivity contribution in [2.75, 3.05) is 0 Å².